The number of hydrogen-bond donors (Lipinski definition) is 1. The van der Waals surface area contributed by atoms with E-state index in [0.29, 0.717) is 5.69 Å². The van der Waals surface area contributed by atoms with Gasteiger partial charge in [0.25, 0.3) is 5.91 Å². The van der Waals surface area contributed by atoms with Crippen molar-refractivity contribution in [2.45, 2.75) is 6.04 Å². The van der Waals surface area contributed by atoms with Crippen LogP contribution in [0.4, 0.5) is 5.69 Å². The fourth-order valence-corrected chi connectivity index (χ4v) is 4.33. The van der Waals surface area contributed by atoms with Crippen molar-refractivity contribution in [1.29, 1.82) is 5.26 Å². The maximum absolute atomic E-state index is 12.6. The summed E-state index contributed by atoms with van der Waals surface area (Å²) in [5.74, 6) is -0.395. The topological polar surface area (TPSA) is 59.4 Å². The van der Waals surface area contributed by atoms with Crippen LogP contribution in [0.1, 0.15) is 17.2 Å². The normalized spacial score (nSPS) is 14.7. The van der Waals surface area contributed by atoms with Crippen LogP contribution in [0.3, 0.4) is 0 Å². The van der Waals surface area contributed by atoms with Gasteiger partial charge in [-0.25, -0.2) is 0 Å². The van der Waals surface area contributed by atoms with Crippen LogP contribution < -0.4 is 5.32 Å². The van der Waals surface area contributed by atoms with Gasteiger partial charge in [0.15, 0.2) is 0 Å². The first-order chi connectivity index (χ1) is 16.1. The number of amides is 1. The zero-order valence-corrected chi connectivity index (χ0v) is 19.8. The third kappa shape index (κ3) is 5.89. The molecule has 3 aromatic rings. The molecule has 5 nitrogen and oxygen atoms in total. The Bertz CT molecular complexity index is 1090. The lowest BCUT2D eigenvalue weighted by Crippen LogP contribution is -2.46. The Morgan fingerprint density at radius 3 is 1.94 bits per heavy atom. The summed E-state index contributed by atoms with van der Waals surface area (Å²) in [5, 5.41) is 12.4. The number of nitriles is 1. The number of piperazine rings is 1. The maximum atomic E-state index is 12.6. The van der Waals surface area contributed by atoms with Gasteiger partial charge in [-0.15, -0.1) is 0 Å². The number of hydrogen-bond acceptors (Lipinski definition) is 4. The van der Waals surface area contributed by atoms with Gasteiger partial charge in [-0.1, -0.05) is 76.6 Å². The molecular weight excluding hydrogens is 476 g/mol. The summed E-state index contributed by atoms with van der Waals surface area (Å²) in [6.07, 6.45) is 1.69. The molecule has 3 aromatic carbocycles. The van der Waals surface area contributed by atoms with E-state index < -0.39 is 5.91 Å². The minimum absolute atomic E-state index is 0.106. The molecule has 1 amide bonds. The molecule has 1 aliphatic heterocycles. The number of nitrogens with one attached hydrogen (secondary N) is 1. The second-order valence-electron chi connectivity index (χ2n) is 7.91. The highest BCUT2D eigenvalue weighted by Crippen LogP contribution is 2.29. The number of carbonyl (C=O) groups excluding carboxylic acids is 1. The lowest BCUT2D eigenvalue weighted by atomic mass is 9.96. The number of halogens is 1. The highest BCUT2D eigenvalue weighted by molar-refractivity contribution is 9.10. The highest BCUT2D eigenvalue weighted by Gasteiger charge is 2.26. The monoisotopic (exact) mass is 500 g/mol. The average molecular weight is 501 g/mol. The molecule has 0 spiro atoms. The lowest BCUT2D eigenvalue weighted by Gasteiger charge is -2.39. The van der Waals surface area contributed by atoms with Crippen LogP contribution in [0.25, 0.3) is 0 Å². The van der Waals surface area contributed by atoms with Crippen molar-refractivity contribution in [3.05, 3.63) is 112 Å². The largest absolute Gasteiger partial charge is 0.374 e. The number of benzene rings is 3. The van der Waals surface area contributed by atoms with Gasteiger partial charge in [0.05, 0.1) is 6.04 Å². The second-order valence-corrected chi connectivity index (χ2v) is 8.83. The van der Waals surface area contributed by atoms with Crippen molar-refractivity contribution in [2.75, 3.05) is 31.5 Å². The Labute approximate surface area is 203 Å². The molecule has 33 heavy (non-hydrogen) atoms. The van der Waals surface area contributed by atoms with Crippen LogP contribution in [-0.2, 0) is 4.79 Å². The Kier molecular flexibility index (Phi) is 7.56. The molecule has 0 radical (unpaired) electrons. The summed E-state index contributed by atoms with van der Waals surface area (Å²) >= 11 is 3.38. The third-order valence-electron chi connectivity index (χ3n) is 5.72. The summed E-state index contributed by atoms with van der Waals surface area (Å²) in [6.45, 7) is 3.15. The van der Waals surface area contributed by atoms with E-state index in [1.807, 2.05) is 24.3 Å². The zero-order valence-electron chi connectivity index (χ0n) is 18.2. The molecular formula is C27H25BrN4O. The first-order valence-electron chi connectivity index (χ1n) is 10.9. The molecule has 1 N–H and O–H groups in total. The van der Waals surface area contributed by atoms with Crippen LogP contribution in [0.2, 0.25) is 0 Å². The Morgan fingerprint density at radius 1 is 0.879 bits per heavy atom. The number of nitrogens with zero attached hydrogens (tertiary/aromatic N) is 3. The molecule has 0 atom stereocenters. The molecule has 1 heterocycles. The van der Waals surface area contributed by atoms with Crippen LogP contribution in [0.5, 0.6) is 0 Å². The van der Waals surface area contributed by atoms with Gasteiger partial charge in [0.1, 0.15) is 11.6 Å². The van der Waals surface area contributed by atoms with Gasteiger partial charge in [-0.3, -0.25) is 9.69 Å². The summed E-state index contributed by atoms with van der Waals surface area (Å²) in [7, 11) is 0. The van der Waals surface area contributed by atoms with Crippen LogP contribution in [-0.4, -0.2) is 41.9 Å². The molecule has 166 valence electrons. The predicted molar refractivity (Wildman–Crippen MR) is 134 cm³/mol. The number of rotatable bonds is 6. The minimum Gasteiger partial charge on any atom is -0.374 e. The van der Waals surface area contributed by atoms with E-state index in [1.54, 1.807) is 18.3 Å². The van der Waals surface area contributed by atoms with Gasteiger partial charge < -0.3 is 10.2 Å². The number of anilines is 1. The summed E-state index contributed by atoms with van der Waals surface area (Å²) in [6, 6.07) is 30.6. The van der Waals surface area contributed by atoms with Crippen molar-refractivity contribution in [2.24, 2.45) is 0 Å². The Balaban J connectivity index is 1.44. The lowest BCUT2D eigenvalue weighted by molar-refractivity contribution is -0.112. The van der Waals surface area contributed by atoms with Gasteiger partial charge in [0, 0.05) is 42.5 Å². The van der Waals surface area contributed by atoms with Crippen LogP contribution in [0, 0.1) is 11.3 Å². The molecule has 1 saturated heterocycles. The quantitative estimate of drug-likeness (QED) is 0.373. The minimum atomic E-state index is -0.395. The van der Waals surface area contributed by atoms with Gasteiger partial charge in [0.2, 0.25) is 0 Å². The fraction of sp³-hybridized carbons (Fsp3) is 0.185. The molecule has 0 unspecified atom stereocenters. The van der Waals surface area contributed by atoms with E-state index in [9.17, 15) is 10.1 Å². The van der Waals surface area contributed by atoms with Gasteiger partial charge in [-0.05, 0) is 35.4 Å². The van der Waals surface area contributed by atoms with E-state index >= 15 is 0 Å². The van der Waals surface area contributed by atoms with Crippen LogP contribution in [0.15, 0.2) is 101 Å². The Hall–Kier alpha value is -3.40. The Morgan fingerprint density at radius 2 is 1.42 bits per heavy atom. The SMILES string of the molecule is N#C/C(=C/N1CCN(C(c2ccccc2)c2ccccc2)CC1)C(=O)Nc1ccc(Br)cc1. The number of carbonyl (C=O) groups is 1. The van der Waals surface area contributed by atoms with Crippen molar-refractivity contribution < 1.29 is 4.79 Å². The highest BCUT2D eigenvalue weighted by atomic mass is 79.9. The second kappa shape index (κ2) is 11.0. The van der Waals surface area contributed by atoms with E-state index in [2.05, 4.69) is 85.6 Å². The van der Waals surface area contributed by atoms with Crippen LogP contribution >= 0.6 is 15.9 Å². The summed E-state index contributed by atoms with van der Waals surface area (Å²) < 4.78 is 0.929. The molecule has 1 fully saturated rings. The summed E-state index contributed by atoms with van der Waals surface area (Å²) in [5.41, 5.74) is 3.29. The third-order valence-corrected chi connectivity index (χ3v) is 6.25. The van der Waals surface area contributed by atoms with Crippen molar-refractivity contribution in [3.8, 4) is 6.07 Å². The van der Waals surface area contributed by atoms with E-state index in [1.165, 1.54) is 11.1 Å². The molecule has 0 aliphatic carbocycles. The smallest absolute Gasteiger partial charge is 0.267 e. The average Bonchev–Trinajstić information content (AvgIpc) is 2.86. The first-order valence-corrected chi connectivity index (χ1v) is 11.7. The molecule has 1 aliphatic rings. The van der Waals surface area contributed by atoms with E-state index in [0.717, 1.165) is 30.7 Å². The van der Waals surface area contributed by atoms with E-state index in [-0.39, 0.29) is 11.6 Å². The van der Waals surface area contributed by atoms with E-state index in [4.69, 9.17) is 0 Å². The molecule has 0 aromatic heterocycles. The standard InChI is InChI=1S/C27H25BrN4O/c28-24-11-13-25(14-12-24)30-27(33)23(19-29)20-31-15-17-32(18-16-31)26(21-7-3-1-4-8-21)22-9-5-2-6-10-22/h1-14,20,26H,15-18H2,(H,30,33)/b23-20-. The summed E-state index contributed by atoms with van der Waals surface area (Å²) in [4.78, 5) is 17.1. The predicted octanol–water partition coefficient (Wildman–Crippen LogP) is 5.20. The first kappa shape index (κ1) is 22.8. The van der Waals surface area contributed by atoms with Crippen molar-refractivity contribution >= 4 is 27.5 Å². The fourth-order valence-electron chi connectivity index (χ4n) is 4.06. The molecule has 6 heteroatoms. The maximum Gasteiger partial charge on any atom is 0.267 e. The molecule has 4 rings (SSSR count). The van der Waals surface area contributed by atoms with Gasteiger partial charge in [-0.2, -0.15) is 5.26 Å². The van der Waals surface area contributed by atoms with Crippen molar-refractivity contribution in [1.82, 2.24) is 9.80 Å². The molecule has 0 saturated carbocycles. The van der Waals surface area contributed by atoms with Gasteiger partial charge >= 0.3 is 0 Å². The van der Waals surface area contributed by atoms with Crippen molar-refractivity contribution in [3.63, 3.8) is 0 Å². The zero-order chi connectivity index (χ0) is 23.0. The molecule has 0 bridgehead atoms.